The van der Waals surface area contributed by atoms with Gasteiger partial charge in [-0.1, -0.05) is 48.5 Å². The molecule has 2 heteroatoms. The Bertz CT molecular complexity index is 448. The first-order valence-electron chi connectivity index (χ1n) is 5.27. The summed E-state index contributed by atoms with van der Waals surface area (Å²) in [4.78, 5) is 0. The first-order chi connectivity index (χ1) is 7.70. The molecule has 2 rings (SSSR count). The van der Waals surface area contributed by atoms with Gasteiger partial charge in [0.15, 0.2) is 0 Å². The summed E-state index contributed by atoms with van der Waals surface area (Å²) in [6.07, 6.45) is 0. The average molecular weight is 340 g/mol. The minimum absolute atomic E-state index is 0.242. The Kier molecular flexibility index (Phi) is 3.99. The van der Waals surface area contributed by atoms with Crippen molar-refractivity contribution in [2.45, 2.75) is 13.8 Å². The second-order valence-corrected chi connectivity index (χ2v) is 8.27. The highest BCUT2D eigenvalue weighted by molar-refractivity contribution is 14.2. The fourth-order valence-corrected chi connectivity index (χ4v) is 6.41. The SMILES string of the molecule is Cc1ccccc1P(I)c1ccccc1C. The highest BCUT2D eigenvalue weighted by Crippen LogP contribution is 2.44. The van der Waals surface area contributed by atoms with E-state index in [1.807, 2.05) is 0 Å². The topological polar surface area (TPSA) is 0 Å². The third-order valence-corrected chi connectivity index (χ3v) is 7.62. The van der Waals surface area contributed by atoms with Crippen molar-refractivity contribution in [3.8, 4) is 0 Å². The second-order valence-electron chi connectivity index (χ2n) is 3.85. The van der Waals surface area contributed by atoms with Crippen LogP contribution in [-0.2, 0) is 0 Å². The Morgan fingerprint density at radius 1 is 0.750 bits per heavy atom. The van der Waals surface area contributed by atoms with E-state index in [0.29, 0.717) is 0 Å². The molecule has 0 aliphatic carbocycles. The van der Waals surface area contributed by atoms with Crippen LogP contribution in [0.2, 0.25) is 0 Å². The zero-order chi connectivity index (χ0) is 11.5. The van der Waals surface area contributed by atoms with Crippen molar-refractivity contribution in [3.63, 3.8) is 0 Å². The van der Waals surface area contributed by atoms with Crippen molar-refractivity contribution in [2.75, 3.05) is 0 Å². The van der Waals surface area contributed by atoms with Crippen LogP contribution >= 0.6 is 27.6 Å². The first kappa shape index (κ1) is 12.1. The zero-order valence-electron chi connectivity index (χ0n) is 9.44. The predicted octanol–water partition coefficient (Wildman–Crippen LogP) is 4.09. The molecule has 0 nitrogen and oxygen atoms in total. The first-order valence-corrected chi connectivity index (χ1v) is 9.40. The van der Waals surface area contributed by atoms with E-state index in [1.165, 1.54) is 21.7 Å². The van der Waals surface area contributed by atoms with Gasteiger partial charge in [-0.3, -0.25) is 0 Å². The minimum atomic E-state index is -0.242. The molecule has 82 valence electrons. The van der Waals surface area contributed by atoms with Crippen LogP contribution in [0, 0.1) is 13.8 Å². The lowest BCUT2D eigenvalue weighted by atomic mass is 10.2. The molecule has 0 radical (unpaired) electrons. The molecule has 0 fully saturated rings. The van der Waals surface area contributed by atoms with Gasteiger partial charge in [0.25, 0.3) is 0 Å². The number of hydrogen-bond donors (Lipinski definition) is 0. The lowest BCUT2D eigenvalue weighted by molar-refractivity contribution is 1.51. The van der Waals surface area contributed by atoms with Crippen LogP contribution in [0.3, 0.4) is 0 Å². The summed E-state index contributed by atoms with van der Waals surface area (Å²) in [5.74, 6) is 0. The summed E-state index contributed by atoms with van der Waals surface area (Å²) >= 11 is 2.59. The molecule has 0 amide bonds. The molecule has 0 atom stereocenters. The van der Waals surface area contributed by atoms with Crippen LogP contribution in [-0.4, -0.2) is 0 Å². The van der Waals surface area contributed by atoms with E-state index >= 15 is 0 Å². The normalized spacial score (nSPS) is 10.8. The van der Waals surface area contributed by atoms with Crippen LogP contribution in [0.25, 0.3) is 0 Å². The Balaban J connectivity index is 2.44. The van der Waals surface area contributed by atoms with Gasteiger partial charge < -0.3 is 0 Å². The molecule has 0 N–H and O–H groups in total. The van der Waals surface area contributed by atoms with Crippen molar-refractivity contribution < 1.29 is 0 Å². The molecule has 0 unspecified atom stereocenters. The Morgan fingerprint density at radius 3 is 1.50 bits per heavy atom. The molecule has 2 aromatic rings. The summed E-state index contributed by atoms with van der Waals surface area (Å²) in [5.41, 5.74) is 2.55. The highest BCUT2D eigenvalue weighted by Gasteiger charge is 2.13. The standard InChI is InChI=1S/C14H14IP/c1-11-7-3-5-9-13(11)16(15)14-10-6-4-8-12(14)2/h3-10H,1-2H3. The van der Waals surface area contributed by atoms with Crippen LogP contribution in [0.5, 0.6) is 0 Å². The largest absolute Gasteiger partial charge is 0.0620 e. The van der Waals surface area contributed by atoms with E-state index < -0.39 is 0 Å². The maximum absolute atomic E-state index is 2.59. The van der Waals surface area contributed by atoms with Crippen molar-refractivity contribution in [2.24, 2.45) is 0 Å². The Labute approximate surface area is 111 Å². The van der Waals surface area contributed by atoms with Crippen molar-refractivity contribution in [3.05, 3.63) is 59.7 Å². The lowest BCUT2D eigenvalue weighted by Gasteiger charge is -2.15. The highest BCUT2D eigenvalue weighted by atomic mass is 127. The maximum Gasteiger partial charge on any atom is 0.0220 e. The maximum atomic E-state index is 2.59. The molecular weight excluding hydrogens is 326 g/mol. The average Bonchev–Trinajstić information content (AvgIpc) is 2.29. The van der Waals surface area contributed by atoms with Gasteiger partial charge in [-0.15, -0.1) is 0 Å². The molecule has 0 spiro atoms. The van der Waals surface area contributed by atoms with Crippen LogP contribution in [0.1, 0.15) is 11.1 Å². The van der Waals surface area contributed by atoms with Gasteiger partial charge in [-0.2, -0.15) is 0 Å². The van der Waals surface area contributed by atoms with Gasteiger partial charge in [0.1, 0.15) is 0 Å². The number of rotatable bonds is 2. The lowest BCUT2D eigenvalue weighted by Crippen LogP contribution is -2.12. The predicted molar refractivity (Wildman–Crippen MR) is 82.6 cm³/mol. The van der Waals surface area contributed by atoms with E-state index in [2.05, 4.69) is 84.4 Å². The third-order valence-electron chi connectivity index (χ3n) is 2.65. The quantitative estimate of drug-likeness (QED) is 0.571. The Morgan fingerprint density at radius 2 is 1.12 bits per heavy atom. The molecule has 0 saturated carbocycles. The van der Waals surface area contributed by atoms with Crippen molar-refractivity contribution in [1.29, 1.82) is 0 Å². The van der Waals surface area contributed by atoms with Gasteiger partial charge in [0.2, 0.25) is 0 Å². The second kappa shape index (κ2) is 5.29. The molecule has 2 aromatic carbocycles. The van der Waals surface area contributed by atoms with E-state index in [4.69, 9.17) is 0 Å². The molecule has 0 aliphatic rings. The number of hydrogen-bond acceptors (Lipinski definition) is 0. The van der Waals surface area contributed by atoms with Crippen LogP contribution in [0.4, 0.5) is 0 Å². The third kappa shape index (κ3) is 2.46. The summed E-state index contributed by atoms with van der Waals surface area (Å²) in [5, 5.41) is 2.96. The van der Waals surface area contributed by atoms with Gasteiger partial charge in [-0.25, -0.2) is 0 Å². The van der Waals surface area contributed by atoms with Gasteiger partial charge in [-0.05, 0) is 57.6 Å². The molecular formula is C14H14IP. The van der Waals surface area contributed by atoms with Crippen molar-refractivity contribution in [1.82, 2.24) is 0 Å². The Hall–Kier alpha value is -0.400. The number of benzene rings is 2. The van der Waals surface area contributed by atoms with E-state index in [-0.39, 0.29) is 5.56 Å². The molecule has 0 bridgehead atoms. The summed E-state index contributed by atoms with van der Waals surface area (Å²) in [6, 6.07) is 17.4. The zero-order valence-corrected chi connectivity index (χ0v) is 12.5. The van der Waals surface area contributed by atoms with Crippen LogP contribution in [0.15, 0.2) is 48.5 Å². The summed E-state index contributed by atoms with van der Waals surface area (Å²) in [6.45, 7) is 4.39. The fourth-order valence-electron chi connectivity index (χ4n) is 1.70. The van der Waals surface area contributed by atoms with E-state index in [0.717, 1.165) is 0 Å². The van der Waals surface area contributed by atoms with Gasteiger partial charge in [0.05, 0.1) is 0 Å². The van der Waals surface area contributed by atoms with Gasteiger partial charge in [0, 0.05) is 5.56 Å². The molecule has 16 heavy (non-hydrogen) atoms. The van der Waals surface area contributed by atoms with Crippen molar-refractivity contribution >= 4 is 38.2 Å². The van der Waals surface area contributed by atoms with E-state index in [1.54, 1.807) is 0 Å². The molecule has 0 aromatic heterocycles. The summed E-state index contributed by atoms with van der Waals surface area (Å²) in [7, 11) is 0. The number of halogens is 1. The van der Waals surface area contributed by atoms with E-state index in [9.17, 15) is 0 Å². The molecule has 0 heterocycles. The molecule has 0 aliphatic heterocycles. The fraction of sp³-hybridized carbons (Fsp3) is 0.143. The van der Waals surface area contributed by atoms with Crippen LogP contribution < -0.4 is 10.6 Å². The minimum Gasteiger partial charge on any atom is -0.0620 e. The number of aryl methyl sites for hydroxylation is 2. The monoisotopic (exact) mass is 340 g/mol. The molecule has 0 saturated heterocycles. The van der Waals surface area contributed by atoms with Gasteiger partial charge >= 0.3 is 0 Å². The summed E-state index contributed by atoms with van der Waals surface area (Å²) < 4.78 is 0. The smallest absolute Gasteiger partial charge is 0.0220 e.